The van der Waals surface area contributed by atoms with Crippen molar-refractivity contribution in [1.82, 2.24) is 14.5 Å². The van der Waals surface area contributed by atoms with E-state index in [0.717, 1.165) is 31.4 Å². The number of aromatic nitrogens is 2. The number of hydrogen-bond donors (Lipinski definition) is 0. The molecule has 1 heterocycles. The van der Waals surface area contributed by atoms with E-state index in [1.54, 1.807) is 4.57 Å². The van der Waals surface area contributed by atoms with Crippen LogP contribution in [0.5, 0.6) is 0 Å². The summed E-state index contributed by atoms with van der Waals surface area (Å²) in [4.78, 5) is 33.3. The van der Waals surface area contributed by atoms with Crippen LogP contribution in [0.25, 0.3) is 16.6 Å². The molecule has 1 atom stereocenters. The average Bonchev–Trinajstić information content (AvgIpc) is 2.79. The highest BCUT2D eigenvalue weighted by Crippen LogP contribution is 2.24. The van der Waals surface area contributed by atoms with Crippen LogP contribution in [0.3, 0.4) is 0 Å². The molecule has 0 aliphatic rings. The molecular weight excluding hydrogens is 386 g/mol. The minimum Gasteiger partial charge on any atom is -0.333 e. The van der Waals surface area contributed by atoms with Crippen LogP contribution < -0.4 is 5.56 Å². The molecule has 0 radical (unpaired) electrons. The van der Waals surface area contributed by atoms with Crippen LogP contribution in [-0.2, 0) is 11.2 Å². The van der Waals surface area contributed by atoms with Crippen molar-refractivity contribution in [2.75, 3.05) is 6.54 Å². The molecule has 0 N–H and O–H groups in total. The van der Waals surface area contributed by atoms with E-state index in [1.165, 1.54) is 5.56 Å². The normalized spacial score (nSPS) is 12.1. The molecule has 0 spiro atoms. The van der Waals surface area contributed by atoms with Crippen molar-refractivity contribution in [2.45, 2.75) is 65.8 Å². The monoisotopic (exact) mass is 419 g/mol. The summed E-state index contributed by atoms with van der Waals surface area (Å²) in [6, 6.07) is 15.1. The molecule has 0 fully saturated rings. The Balaban J connectivity index is 2.20. The summed E-state index contributed by atoms with van der Waals surface area (Å²) in [6.07, 6.45) is 4.15. The van der Waals surface area contributed by atoms with Crippen LogP contribution in [0.2, 0.25) is 0 Å². The second-order valence-corrected chi connectivity index (χ2v) is 8.01. The van der Waals surface area contributed by atoms with Gasteiger partial charge < -0.3 is 4.90 Å². The number of benzene rings is 2. The number of nitrogens with zero attached hydrogens (tertiary/aromatic N) is 3. The first-order valence-corrected chi connectivity index (χ1v) is 11.4. The van der Waals surface area contributed by atoms with Crippen molar-refractivity contribution in [3.8, 4) is 5.69 Å². The topological polar surface area (TPSA) is 55.2 Å². The van der Waals surface area contributed by atoms with Crippen LogP contribution in [0, 0.1) is 0 Å². The number of carbonyl (C=O) groups excluding carboxylic acids is 1. The SMILES string of the molecule is CCCCN(C(=O)CCC)[C@H](C)c1nc2ccccc2c(=O)n1-c1ccc(CC)cc1. The zero-order valence-corrected chi connectivity index (χ0v) is 19.1. The van der Waals surface area contributed by atoms with Gasteiger partial charge >= 0.3 is 0 Å². The quantitative estimate of drug-likeness (QED) is 0.464. The predicted octanol–water partition coefficient (Wildman–Crippen LogP) is 5.44. The van der Waals surface area contributed by atoms with Crippen molar-refractivity contribution < 1.29 is 4.79 Å². The lowest BCUT2D eigenvalue weighted by molar-refractivity contribution is -0.133. The van der Waals surface area contributed by atoms with E-state index in [1.807, 2.05) is 67.3 Å². The summed E-state index contributed by atoms with van der Waals surface area (Å²) in [5.41, 5.74) is 2.55. The van der Waals surface area contributed by atoms with E-state index in [4.69, 9.17) is 4.98 Å². The zero-order chi connectivity index (χ0) is 22.4. The molecule has 31 heavy (non-hydrogen) atoms. The second-order valence-electron chi connectivity index (χ2n) is 8.01. The number of unbranched alkanes of at least 4 members (excludes halogenated alkanes) is 1. The zero-order valence-electron chi connectivity index (χ0n) is 19.1. The maximum Gasteiger partial charge on any atom is 0.266 e. The molecule has 5 nitrogen and oxygen atoms in total. The number of rotatable bonds is 9. The summed E-state index contributed by atoms with van der Waals surface area (Å²) in [6.45, 7) is 8.88. The van der Waals surface area contributed by atoms with Gasteiger partial charge in [0.1, 0.15) is 5.82 Å². The molecule has 2 aromatic carbocycles. The van der Waals surface area contributed by atoms with E-state index in [0.29, 0.717) is 29.7 Å². The molecule has 5 heteroatoms. The second kappa shape index (κ2) is 10.4. The standard InChI is InChI=1S/C26H33N3O2/c1-5-8-18-28(24(30)11-6-2)19(4)25-27-23-13-10-9-12-22(23)26(31)29(25)21-16-14-20(7-3)15-17-21/h9-10,12-17,19H,5-8,11,18H2,1-4H3/t19-/m1/s1. The van der Waals surface area contributed by atoms with Crippen LogP contribution in [-0.4, -0.2) is 26.9 Å². The lowest BCUT2D eigenvalue weighted by Gasteiger charge is -2.30. The van der Waals surface area contributed by atoms with Gasteiger partial charge in [-0.15, -0.1) is 0 Å². The van der Waals surface area contributed by atoms with Crippen LogP contribution in [0.15, 0.2) is 53.3 Å². The highest BCUT2D eigenvalue weighted by atomic mass is 16.2. The van der Waals surface area contributed by atoms with E-state index >= 15 is 0 Å². The fourth-order valence-electron chi connectivity index (χ4n) is 3.92. The van der Waals surface area contributed by atoms with Crippen molar-refractivity contribution in [2.24, 2.45) is 0 Å². The van der Waals surface area contributed by atoms with Gasteiger partial charge in [0.05, 0.1) is 22.6 Å². The third-order valence-corrected chi connectivity index (χ3v) is 5.78. The number of fused-ring (bicyclic) bond motifs is 1. The molecular formula is C26H33N3O2. The van der Waals surface area contributed by atoms with Gasteiger partial charge in [-0.3, -0.25) is 14.2 Å². The van der Waals surface area contributed by atoms with Crippen molar-refractivity contribution >= 4 is 16.8 Å². The Bertz CT molecular complexity index is 1090. The first-order valence-electron chi connectivity index (χ1n) is 11.4. The third kappa shape index (κ3) is 4.87. The third-order valence-electron chi connectivity index (χ3n) is 5.78. The number of carbonyl (C=O) groups is 1. The lowest BCUT2D eigenvalue weighted by Crippen LogP contribution is -2.38. The summed E-state index contributed by atoms with van der Waals surface area (Å²) < 4.78 is 1.69. The van der Waals surface area contributed by atoms with E-state index in [2.05, 4.69) is 13.8 Å². The summed E-state index contributed by atoms with van der Waals surface area (Å²) in [5, 5.41) is 0.581. The number of hydrogen-bond acceptors (Lipinski definition) is 3. The first kappa shape index (κ1) is 22.7. The molecule has 1 amide bonds. The molecule has 0 bridgehead atoms. The van der Waals surface area contributed by atoms with Gasteiger partial charge in [-0.1, -0.05) is 51.5 Å². The van der Waals surface area contributed by atoms with Crippen molar-refractivity contribution in [1.29, 1.82) is 0 Å². The van der Waals surface area contributed by atoms with E-state index in [-0.39, 0.29) is 17.5 Å². The predicted molar refractivity (Wildman–Crippen MR) is 127 cm³/mol. The number of amides is 1. The van der Waals surface area contributed by atoms with Gasteiger partial charge in [0.25, 0.3) is 5.56 Å². The van der Waals surface area contributed by atoms with Gasteiger partial charge in [-0.25, -0.2) is 4.98 Å². The Morgan fingerprint density at radius 1 is 1.03 bits per heavy atom. The van der Waals surface area contributed by atoms with Crippen molar-refractivity contribution in [3.05, 3.63) is 70.3 Å². The number of para-hydroxylation sites is 1. The molecule has 0 saturated heterocycles. The van der Waals surface area contributed by atoms with Gasteiger partial charge in [0, 0.05) is 13.0 Å². The highest BCUT2D eigenvalue weighted by molar-refractivity contribution is 5.79. The van der Waals surface area contributed by atoms with Gasteiger partial charge in [-0.2, -0.15) is 0 Å². The molecule has 0 aliphatic carbocycles. The minimum absolute atomic E-state index is 0.102. The summed E-state index contributed by atoms with van der Waals surface area (Å²) >= 11 is 0. The number of aryl methyl sites for hydroxylation is 1. The Labute approximate surface area is 184 Å². The molecule has 0 saturated carbocycles. The summed E-state index contributed by atoms with van der Waals surface area (Å²) in [5.74, 6) is 0.715. The fourth-order valence-corrected chi connectivity index (χ4v) is 3.92. The largest absolute Gasteiger partial charge is 0.333 e. The van der Waals surface area contributed by atoms with Crippen LogP contribution >= 0.6 is 0 Å². The van der Waals surface area contributed by atoms with Gasteiger partial charge in [0.15, 0.2) is 0 Å². The summed E-state index contributed by atoms with van der Waals surface area (Å²) in [7, 11) is 0. The molecule has 1 aromatic heterocycles. The van der Waals surface area contributed by atoms with Gasteiger partial charge in [-0.05, 0) is 56.0 Å². The van der Waals surface area contributed by atoms with Crippen LogP contribution in [0.4, 0.5) is 0 Å². The Hall–Kier alpha value is -2.95. The van der Waals surface area contributed by atoms with Gasteiger partial charge in [0.2, 0.25) is 5.91 Å². The molecule has 0 aliphatic heterocycles. The molecule has 3 rings (SSSR count). The Morgan fingerprint density at radius 3 is 2.39 bits per heavy atom. The molecule has 0 unspecified atom stereocenters. The Morgan fingerprint density at radius 2 is 1.74 bits per heavy atom. The first-order chi connectivity index (χ1) is 15.0. The average molecular weight is 420 g/mol. The maximum atomic E-state index is 13.6. The van der Waals surface area contributed by atoms with Crippen LogP contribution in [0.1, 0.15) is 70.8 Å². The highest BCUT2D eigenvalue weighted by Gasteiger charge is 2.26. The smallest absolute Gasteiger partial charge is 0.266 e. The van der Waals surface area contributed by atoms with E-state index < -0.39 is 0 Å². The lowest BCUT2D eigenvalue weighted by atomic mass is 10.1. The minimum atomic E-state index is -0.311. The van der Waals surface area contributed by atoms with E-state index in [9.17, 15) is 9.59 Å². The van der Waals surface area contributed by atoms with Crippen molar-refractivity contribution in [3.63, 3.8) is 0 Å². The Kier molecular flexibility index (Phi) is 7.61. The fraction of sp³-hybridized carbons (Fsp3) is 0.423. The molecule has 3 aromatic rings. The maximum absolute atomic E-state index is 13.6. The molecule has 164 valence electrons.